The number of amides is 1. The van der Waals surface area contributed by atoms with Crippen LogP contribution in [0, 0.1) is 6.92 Å². The fourth-order valence-corrected chi connectivity index (χ4v) is 2.38. The topological polar surface area (TPSA) is 93.2 Å². The molecule has 142 valence electrons. The molecule has 28 heavy (non-hydrogen) atoms. The van der Waals surface area contributed by atoms with Crippen LogP contribution in [-0.2, 0) is 4.74 Å². The molecule has 0 aliphatic rings. The van der Waals surface area contributed by atoms with Crippen LogP contribution in [-0.4, -0.2) is 28.5 Å². The highest BCUT2D eigenvalue weighted by Crippen LogP contribution is 2.15. The number of nitrogens with zero attached hydrogens (tertiary/aromatic N) is 2. The predicted molar refractivity (Wildman–Crippen MR) is 107 cm³/mol. The largest absolute Gasteiger partial charge is 0.462 e. The maximum atomic E-state index is 12.3. The molecule has 7 heteroatoms. The Kier molecular flexibility index (Phi) is 5.96. The average Bonchev–Trinajstić information content (AvgIpc) is 2.71. The van der Waals surface area contributed by atoms with Crippen LogP contribution < -0.4 is 10.6 Å². The summed E-state index contributed by atoms with van der Waals surface area (Å²) in [5.74, 6) is -0.338. The van der Waals surface area contributed by atoms with Gasteiger partial charge in [0.25, 0.3) is 5.91 Å². The molecule has 0 saturated carbocycles. The lowest BCUT2D eigenvalue weighted by Gasteiger charge is -2.08. The van der Waals surface area contributed by atoms with Crippen molar-refractivity contribution in [3.8, 4) is 0 Å². The maximum absolute atomic E-state index is 12.3. The predicted octanol–water partition coefficient (Wildman–Crippen LogP) is 3.96. The molecule has 1 heterocycles. The van der Waals surface area contributed by atoms with E-state index in [1.165, 1.54) is 12.4 Å². The van der Waals surface area contributed by atoms with Crippen molar-refractivity contribution in [3.05, 3.63) is 77.6 Å². The molecule has 0 spiro atoms. The van der Waals surface area contributed by atoms with Crippen LogP contribution in [0.3, 0.4) is 0 Å². The Morgan fingerprint density at radius 2 is 1.50 bits per heavy atom. The van der Waals surface area contributed by atoms with Crippen LogP contribution >= 0.6 is 0 Å². The van der Waals surface area contributed by atoms with E-state index in [2.05, 4.69) is 20.6 Å². The van der Waals surface area contributed by atoms with E-state index in [0.717, 1.165) is 11.3 Å². The van der Waals surface area contributed by atoms with Gasteiger partial charge in [-0.2, -0.15) is 0 Å². The van der Waals surface area contributed by atoms with Crippen LogP contribution in [0.5, 0.6) is 0 Å². The van der Waals surface area contributed by atoms with Crippen molar-refractivity contribution in [3.63, 3.8) is 0 Å². The zero-order valence-corrected chi connectivity index (χ0v) is 15.6. The number of hydrogen-bond donors (Lipinski definition) is 2. The minimum atomic E-state index is -0.398. The summed E-state index contributed by atoms with van der Waals surface area (Å²) in [7, 11) is 0. The van der Waals surface area contributed by atoms with Gasteiger partial charge in [0.1, 0.15) is 0 Å². The van der Waals surface area contributed by atoms with Crippen molar-refractivity contribution in [2.75, 3.05) is 17.2 Å². The van der Waals surface area contributed by atoms with Gasteiger partial charge in [-0.05, 0) is 50.2 Å². The first-order chi connectivity index (χ1) is 13.5. The van der Waals surface area contributed by atoms with E-state index in [0.29, 0.717) is 29.4 Å². The Morgan fingerprint density at radius 1 is 0.893 bits per heavy atom. The molecular formula is C21H20N4O3. The molecule has 0 radical (unpaired) electrons. The second-order valence-electron chi connectivity index (χ2n) is 6.04. The molecule has 0 bridgehead atoms. The van der Waals surface area contributed by atoms with Crippen LogP contribution in [0.25, 0.3) is 0 Å². The third kappa shape index (κ3) is 4.91. The summed E-state index contributed by atoms with van der Waals surface area (Å²) in [5.41, 5.74) is 3.33. The molecule has 3 rings (SSSR count). The molecule has 3 aromatic rings. The van der Waals surface area contributed by atoms with Gasteiger partial charge in [0.05, 0.1) is 17.7 Å². The lowest BCUT2D eigenvalue weighted by molar-refractivity contribution is 0.0526. The van der Waals surface area contributed by atoms with Crippen LogP contribution in [0.4, 0.5) is 17.3 Å². The molecule has 0 aliphatic heterocycles. The van der Waals surface area contributed by atoms with Gasteiger partial charge in [-0.3, -0.25) is 4.79 Å². The first-order valence-electron chi connectivity index (χ1n) is 8.79. The first-order valence-corrected chi connectivity index (χ1v) is 8.79. The Hall–Kier alpha value is -3.74. The van der Waals surface area contributed by atoms with Gasteiger partial charge in [0.2, 0.25) is 5.95 Å². The van der Waals surface area contributed by atoms with Gasteiger partial charge in [0, 0.05) is 23.8 Å². The monoisotopic (exact) mass is 376 g/mol. The Balaban J connectivity index is 1.61. The minimum Gasteiger partial charge on any atom is -0.462 e. The van der Waals surface area contributed by atoms with Gasteiger partial charge in [-0.25, -0.2) is 14.8 Å². The molecule has 0 aliphatic carbocycles. The number of carbonyl (C=O) groups is 2. The average molecular weight is 376 g/mol. The number of ether oxygens (including phenoxy) is 1. The number of aryl methyl sites for hydroxylation is 1. The smallest absolute Gasteiger partial charge is 0.338 e. The van der Waals surface area contributed by atoms with Crippen LogP contribution in [0.15, 0.2) is 60.9 Å². The zero-order chi connectivity index (χ0) is 19.9. The fraction of sp³-hybridized carbons (Fsp3) is 0.143. The summed E-state index contributed by atoms with van der Waals surface area (Å²) in [6.07, 6.45) is 2.90. The quantitative estimate of drug-likeness (QED) is 0.633. The van der Waals surface area contributed by atoms with Crippen molar-refractivity contribution in [2.45, 2.75) is 13.8 Å². The van der Waals surface area contributed by atoms with E-state index < -0.39 is 5.97 Å². The highest BCUT2D eigenvalue weighted by atomic mass is 16.5. The third-order valence-electron chi connectivity index (χ3n) is 3.88. The molecule has 0 unspecified atom stereocenters. The summed E-state index contributed by atoms with van der Waals surface area (Å²) in [6.45, 7) is 4.07. The van der Waals surface area contributed by atoms with Crippen LogP contribution in [0.2, 0.25) is 0 Å². The number of anilines is 3. The van der Waals surface area contributed by atoms with Gasteiger partial charge < -0.3 is 15.4 Å². The molecule has 2 aromatic carbocycles. The van der Waals surface area contributed by atoms with Gasteiger partial charge in [-0.1, -0.05) is 17.7 Å². The van der Waals surface area contributed by atoms with E-state index in [1.807, 2.05) is 31.2 Å². The highest BCUT2D eigenvalue weighted by Gasteiger charge is 2.10. The molecule has 1 amide bonds. The molecular weight excluding hydrogens is 356 g/mol. The molecule has 0 atom stereocenters. The van der Waals surface area contributed by atoms with Crippen molar-refractivity contribution in [2.24, 2.45) is 0 Å². The van der Waals surface area contributed by atoms with Crippen molar-refractivity contribution in [1.82, 2.24) is 9.97 Å². The number of aromatic nitrogens is 2. The second kappa shape index (κ2) is 8.77. The molecule has 1 aromatic heterocycles. The first kappa shape index (κ1) is 19.0. The number of carbonyl (C=O) groups excluding carboxylic acids is 2. The summed E-state index contributed by atoms with van der Waals surface area (Å²) >= 11 is 0. The maximum Gasteiger partial charge on any atom is 0.338 e. The SMILES string of the molecule is CCOC(=O)c1ccc(NC(=O)c2cnc(Nc3ccc(C)cc3)nc2)cc1. The molecule has 0 fully saturated rings. The van der Waals surface area contributed by atoms with E-state index in [4.69, 9.17) is 4.74 Å². The second-order valence-corrected chi connectivity index (χ2v) is 6.04. The zero-order valence-electron chi connectivity index (χ0n) is 15.6. The summed E-state index contributed by atoms with van der Waals surface area (Å²) < 4.78 is 4.93. The van der Waals surface area contributed by atoms with E-state index in [9.17, 15) is 9.59 Å². The van der Waals surface area contributed by atoms with E-state index >= 15 is 0 Å². The highest BCUT2D eigenvalue weighted by molar-refractivity contribution is 6.04. The number of nitrogens with one attached hydrogen (secondary N) is 2. The van der Waals surface area contributed by atoms with Gasteiger partial charge >= 0.3 is 5.97 Å². The van der Waals surface area contributed by atoms with E-state index in [1.54, 1.807) is 31.2 Å². The minimum absolute atomic E-state index is 0.312. The van der Waals surface area contributed by atoms with Gasteiger partial charge in [0.15, 0.2) is 0 Å². The lowest BCUT2D eigenvalue weighted by Crippen LogP contribution is -2.13. The standard InChI is InChI=1S/C21H20N4O3/c1-3-28-20(27)15-6-10-17(11-7-15)24-19(26)16-12-22-21(23-13-16)25-18-8-4-14(2)5-9-18/h4-13H,3H2,1-2H3,(H,24,26)(H,22,23,25). The lowest BCUT2D eigenvalue weighted by atomic mass is 10.2. The van der Waals surface area contributed by atoms with Crippen molar-refractivity contribution < 1.29 is 14.3 Å². The fourth-order valence-electron chi connectivity index (χ4n) is 2.38. The van der Waals surface area contributed by atoms with Crippen LogP contribution in [0.1, 0.15) is 33.2 Å². The number of hydrogen-bond acceptors (Lipinski definition) is 6. The van der Waals surface area contributed by atoms with Crippen molar-refractivity contribution >= 4 is 29.2 Å². The number of rotatable bonds is 6. The molecule has 2 N–H and O–H groups in total. The Labute approximate surface area is 162 Å². The van der Waals surface area contributed by atoms with E-state index in [-0.39, 0.29) is 5.91 Å². The third-order valence-corrected chi connectivity index (χ3v) is 3.88. The Bertz CT molecular complexity index is 952. The van der Waals surface area contributed by atoms with Gasteiger partial charge in [-0.15, -0.1) is 0 Å². The number of esters is 1. The number of benzene rings is 2. The normalized spacial score (nSPS) is 10.2. The Morgan fingerprint density at radius 3 is 2.11 bits per heavy atom. The van der Waals surface area contributed by atoms with Crippen molar-refractivity contribution in [1.29, 1.82) is 0 Å². The summed E-state index contributed by atoms with van der Waals surface area (Å²) in [6, 6.07) is 14.3. The summed E-state index contributed by atoms with van der Waals surface area (Å²) in [4.78, 5) is 32.3. The summed E-state index contributed by atoms with van der Waals surface area (Å²) in [5, 5.41) is 5.82. The molecule has 7 nitrogen and oxygen atoms in total. The molecule has 0 saturated heterocycles.